The molecule has 0 spiro atoms. The molecule has 0 radical (unpaired) electrons. The minimum atomic E-state index is 0.545. The second kappa shape index (κ2) is 5.11. The van der Waals surface area contributed by atoms with Crippen molar-refractivity contribution in [2.24, 2.45) is 7.05 Å². The van der Waals surface area contributed by atoms with E-state index in [9.17, 15) is 0 Å². The Kier molecular flexibility index (Phi) is 3.30. The Morgan fingerprint density at radius 3 is 2.80 bits per heavy atom. The highest BCUT2D eigenvalue weighted by molar-refractivity contribution is 5.49. The lowest BCUT2D eigenvalue weighted by Gasteiger charge is -2.19. The van der Waals surface area contributed by atoms with Gasteiger partial charge in [-0.2, -0.15) is 0 Å². The molecule has 0 bridgehead atoms. The smallest absolute Gasteiger partial charge is 0.136 e. The Bertz CT molecular complexity index is 601. The maximum atomic E-state index is 4.69. The Morgan fingerprint density at radius 2 is 2.20 bits per heavy atom. The summed E-state index contributed by atoms with van der Waals surface area (Å²) >= 11 is 0. The highest BCUT2D eigenvalue weighted by Gasteiger charge is 2.27. The van der Waals surface area contributed by atoms with Crippen LogP contribution in [-0.4, -0.2) is 33.6 Å². The average Bonchev–Trinajstić information content (AvgIpc) is 3.24. The molecule has 1 N–H and O–H groups in total. The van der Waals surface area contributed by atoms with E-state index in [-0.39, 0.29) is 0 Å². The Balaban J connectivity index is 1.84. The largest absolute Gasteiger partial charge is 0.373 e. The van der Waals surface area contributed by atoms with Gasteiger partial charge in [0.1, 0.15) is 23.3 Å². The molecule has 0 aromatic carbocycles. The number of nitrogens with zero attached hydrogens (tertiary/aromatic N) is 5. The highest BCUT2D eigenvalue weighted by Crippen LogP contribution is 2.39. The van der Waals surface area contributed by atoms with Crippen molar-refractivity contribution >= 4 is 11.6 Å². The second-order valence-corrected chi connectivity index (χ2v) is 5.30. The summed E-state index contributed by atoms with van der Waals surface area (Å²) in [6.07, 6.45) is 6.18. The molecule has 0 amide bonds. The predicted molar refractivity (Wildman–Crippen MR) is 78.9 cm³/mol. The minimum absolute atomic E-state index is 0.545. The number of rotatable bonds is 5. The topological polar surface area (TPSA) is 58.9 Å². The zero-order valence-electron chi connectivity index (χ0n) is 12.2. The van der Waals surface area contributed by atoms with E-state index >= 15 is 0 Å². The van der Waals surface area contributed by atoms with Gasteiger partial charge in [-0.1, -0.05) is 0 Å². The van der Waals surface area contributed by atoms with Crippen LogP contribution in [-0.2, 0) is 13.6 Å². The third kappa shape index (κ3) is 2.59. The zero-order chi connectivity index (χ0) is 14.1. The first-order valence-corrected chi connectivity index (χ1v) is 6.91. The lowest BCUT2D eigenvalue weighted by molar-refractivity contribution is 0.750. The monoisotopic (exact) mass is 272 g/mol. The van der Waals surface area contributed by atoms with Crippen LogP contribution in [0.1, 0.15) is 30.4 Å². The Labute approximate surface area is 118 Å². The van der Waals surface area contributed by atoms with Crippen LogP contribution in [0.3, 0.4) is 0 Å². The van der Waals surface area contributed by atoms with Crippen LogP contribution in [0, 0.1) is 0 Å². The molecule has 20 heavy (non-hydrogen) atoms. The van der Waals surface area contributed by atoms with Gasteiger partial charge in [-0.15, -0.1) is 0 Å². The van der Waals surface area contributed by atoms with Gasteiger partial charge in [0, 0.05) is 45.5 Å². The summed E-state index contributed by atoms with van der Waals surface area (Å²) in [5, 5.41) is 3.12. The van der Waals surface area contributed by atoms with Crippen LogP contribution in [0.5, 0.6) is 0 Å². The van der Waals surface area contributed by atoms with E-state index in [0.717, 1.165) is 29.8 Å². The molecule has 6 nitrogen and oxygen atoms in total. The molecular weight excluding hydrogens is 252 g/mol. The molecule has 2 aromatic rings. The molecule has 1 aliphatic carbocycles. The third-order valence-electron chi connectivity index (χ3n) is 3.62. The molecule has 2 aromatic heterocycles. The lowest BCUT2D eigenvalue weighted by atomic mass is 10.3. The summed E-state index contributed by atoms with van der Waals surface area (Å²) in [6, 6.07) is 1.98. The minimum Gasteiger partial charge on any atom is -0.373 e. The molecule has 3 rings (SSSR count). The van der Waals surface area contributed by atoms with Crippen LogP contribution >= 0.6 is 0 Å². The van der Waals surface area contributed by atoms with Crippen molar-refractivity contribution in [1.29, 1.82) is 0 Å². The lowest BCUT2D eigenvalue weighted by Crippen LogP contribution is -2.21. The second-order valence-electron chi connectivity index (χ2n) is 5.30. The fourth-order valence-electron chi connectivity index (χ4n) is 2.14. The van der Waals surface area contributed by atoms with Crippen LogP contribution in [0.25, 0.3) is 0 Å². The molecule has 6 heteroatoms. The molecular formula is C14H20N6. The average molecular weight is 272 g/mol. The quantitative estimate of drug-likeness (QED) is 0.899. The molecule has 2 heterocycles. The first-order valence-electron chi connectivity index (χ1n) is 6.91. The van der Waals surface area contributed by atoms with Gasteiger partial charge >= 0.3 is 0 Å². The molecule has 0 atom stereocenters. The van der Waals surface area contributed by atoms with Crippen molar-refractivity contribution in [3.8, 4) is 0 Å². The van der Waals surface area contributed by atoms with Gasteiger partial charge in [0.2, 0.25) is 0 Å². The predicted octanol–water partition coefficient (Wildman–Crippen LogP) is 1.77. The number of aryl methyl sites for hydroxylation is 1. The van der Waals surface area contributed by atoms with Crippen molar-refractivity contribution in [2.75, 3.05) is 24.3 Å². The van der Waals surface area contributed by atoms with Crippen molar-refractivity contribution in [3.63, 3.8) is 0 Å². The number of nitrogens with one attached hydrogen (secondary N) is 1. The van der Waals surface area contributed by atoms with E-state index in [4.69, 9.17) is 4.98 Å². The SMILES string of the molecule is CNc1cc(N(C)Cc2nccn2C)nc(C2CC2)n1. The van der Waals surface area contributed by atoms with Crippen LogP contribution in [0.4, 0.5) is 11.6 Å². The zero-order valence-corrected chi connectivity index (χ0v) is 12.2. The van der Waals surface area contributed by atoms with Crippen molar-refractivity contribution in [2.45, 2.75) is 25.3 Å². The summed E-state index contributed by atoms with van der Waals surface area (Å²) in [4.78, 5) is 15.7. The number of hydrogen-bond acceptors (Lipinski definition) is 5. The van der Waals surface area contributed by atoms with Gasteiger partial charge in [0.15, 0.2) is 0 Å². The summed E-state index contributed by atoms with van der Waals surface area (Å²) < 4.78 is 2.03. The van der Waals surface area contributed by atoms with E-state index < -0.39 is 0 Å². The van der Waals surface area contributed by atoms with Crippen LogP contribution in [0.2, 0.25) is 0 Å². The summed E-state index contributed by atoms with van der Waals surface area (Å²) in [5.41, 5.74) is 0. The van der Waals surface area contributed by atoms with Crippen molar-refractivity contribution in [3.05, 3.63) is 30.1 Å². The van der Waals surface area contributed by atoms with Gasteiger partial charge in [-0.25, -0.2) is 15.0 Å². The molecule has 0 saturated heterocycles. The van der Waals surface area contributed by atoms with E-state index in [1.165, 1.54) is 12.8 Å². The number of anilines is 2. The van der Waals surface area contributed by atoms with E-state index in [2.05, 4.69) is 20.2 Å². The summed E-state index contributed by atoms with van der Waals surface area (Å²) in [5.74, 6) is 4.34. The van der Waals surface area contributed by atoms with E-state index in [1.54, 1.807) is 0 Å². The fraction of sp³-hybridized carbons (Fsp3) is 0.500. The first-order chi connectivity index (χ1) is 9.67. The van der Waals surface area contributed by atoms with Gasteiger partial charge in [-0.3, -0.25) is 0 Å². The van der Waals surface area contributed by atoms with Crippen molar-refractivity contribution < 1.29 is 0 Å². The Morgan fingerprint density at radius 1 is 1.40 bits per heavy atom. The maximum Gasteiger partial charge on any atom is 0.136 e. The molecule has 106 valence electrons. The summed E-state index contributed by atoms with van der Waals surface area (Å²) in [6.45, 7) is 0.730. The molecule has 0 unspecified atom stereocenters. The number of hydrogen-bond donors (Lipinski definition) is 1. The molecule has 1 saturated carbocycles. The molecule has 1 aliphatic rings. The van der Waals surface area contributed by atoms with Gasteiger partial charge in [-0.05, 0) is 12.8 Å². The van der Waals surface area contributed by atoms with Crippen LogP contribution < -0.4 is 10.2 Å². The van der Waals surface area contributed by atoms with Gasteiger partial charge in [0.25, 0.3) is 0 Å². The van der Waals surface area contributed by atoms with Gasteiger partial charge < -0.3 is 14.8 Å². The maximum absolute atomic E-state index is 4.69. The summed E-state index contributed by atoms with van der Waals surface area (Å²) in [7, 11) is 5.93. The molecule has 1 fully saturated rings. The fourth-order valence-corrected chi connectivity index (χ4v) is 2.14. The van der Waals surface area contributed by atoms with E-state index in [0.29, 0.717) is 5.92 Å². The Hall–Kier alpha value is -2.11. The van der Waals surface area contributed by atoms with Gasteiger partial charge in [0.05, 0.1) is 6.54 Å². The third-order valence-corrected chi connectivity index (χ3v) is 3.62. The molecule has 0 aliphatic heterocycles. The normalized spacial score (nSPS) is 14.3. The van der Waals surface area contributed by atoms with Crippen LogP contribution in [0.15, 0.2) is 18.5 Å². The first kappa shape index (κ1) is 12.9. The number of imidazole rings is 1. The van der Waals surface area contributed by atoms with Crippen molar-refractivity contribution in [1.82, 2.24) is 19.5 Å². The standard InChI is InChI=1S/C14H20N6/c1-15-11-8-12(18-14(17-11)10-4-5-10)20(3)9-13-16-6-7-19(13)2/h6-8,10H,4-5,9H2,1-3H3,(H,15,17,18). The highest BCUT2D eigenvalue weighted by atomic mass is 15.2. The number of aromatic nitrogens is 4. The van der Waals surface area contributed by atoms with E-state index in [1.807, 2.05) is 44.2 Å².